The summed E-state index contributed by atoms with van der Waals surface area (Å²) in [6.07, 6.45) is -0.402. The van der Waals surface area contributed by atoms with Gasteiger partial charge in [0, 0.05) is 0 Å². The molecule has 3 rings (SSSR count). The molecule has 180 valence electrons. The van der Waals surface area contributed by atoms with Crippen molar-refractivity contribution >= 4 is 30.4 Å². The number of aliphatic hydroxyl groups excluding tert-OH is 1. The summed E-state index contributed by atoms with van der Waals surface area (Å²) in [6.45, 7) is 6.90. The molecule has 6 nitrogen and oxygen atoms in total. The van der Waals surface area contributed by atoms with Crippen molar-refractivity contribution in [1.82, 2.24) is 4.98 Å². The number of nitrogens with zero attached hydrogens (tertiary/aromatic N) is 1. The molecule has 2 N–H and O–H groups in total. The summed E-state index contributed by atoms with van der Waals surface area (Å²) in [5.41, 5.74) is 0. The zero-order valence-corrected chi connectivity index (χ0v) is 20.7. The highest BCUT2D eigenvalue weighted by atomic mass is 28.4. The van der Waals surface area contributed by atoms with Crippen LogP contribution in [-0.2, 0) is 14.0 Å². The van der Waals surface area contributed by atoms with Crippen LogP contribution < -0.4 is 15.7 Å². The molecule has 1 heterocycles. The van der Waals surface area contributed by atoms with Gasteiger partial charge in [-0.05, 0) is 27.5 Å². The van der Waals surface area contributed by atoms with Gasteiger partial charge in [0.25, 0.3) is 14.2 Å². The van der Waals surface area contributed by atoms with E-state index in [1.54, 1.807) is 0 Å². The fourth-order valence-electron chi connectivity index (χ4n) is 3.95. The molecular weight excluding hydrogens is 451 g/mol. The minimum absolute atomic E-state index is 0.153. The Morgan fingerprint density at radius 2 is 1.59 bits per heavy atom. The maximum atomic E-state index is 12.9. The summed E-state index contributed by atoms with van der Waals surface area (Å²) in [5.74, 6) is -1.03. The number of ether oxygens (including phenoxy) is 1. The Morgan fingerprint density at radius 1 is 1.00 bits per heavy atom. The Hall–Kier alpha value is -2.91. The molecule has 1 atom stereocenters. The van der Waals surface area contributed by atoms with Crippen molar-refractivity contribution in [2.24, 2.45) is 0 Å². The molecule has 0 saturated heterocycles. The Balaban J connectivity index is 1.63. The van der Waals surface area contributed by atoms with E-state index in [1.807, 2.05) is 36.4 Å². The quantitative estimate of drug-likeness (QED) is 0.343. The van der Waals surface area contributed by atoms with Gasteiger partial charge in [-0.2, -0.15) is 0 Å². The number of nitrogens with one attached hydrogen (secondary N) is 1. The van der Waals surface area contributed by atoms with Crippen molar-refractivity contribution in [2.45, 2.75) is 31.9 Å². The Bertz CT molecular complexity index is 1000. The van der Waals surface area contributed by atoms with Gasteiger partial charge in [0.2, 0.25) is 0 Å². The van der Waals surface area contributed by atoms with E-state index in [1.165, 1.54) is 22.5 Å². The van der Waals surface area contributed by atoms with Gasteiger partial charge < -0.3 is 19.6 Å². The van der Waals surface area contributed by atoms with Gasteiger partial charge in [0.1, 0.15) is 11.6 Å². The minimum atomic E-state index is -2.66. The maximum Gasteiger partial charge on any atom is 0.261 e. The predicted molar refractivity (Wildman–Crippen MR) is 133 cm³/mol. The van der Waals surface area contributed by atoms with Crippen LogP contribution in [0.5, 0.6) is 0 Å². The molecule has 0 aliphatic rings. The predicted octanol–water partition coefficient (Wildman–Crippen LogP) is 3.11. The average molecular weight is 483 g/mol. The van der Waals surface area contributed by atoms with E-state index in [2.05, 4.69) is 55.3 Å². The highest BCUT2D eigenvalue weighted by molar-refractivity contribution is 6.99. The number of anilines is 1. The Kier molecular flexibility index (Phi) is 8.68. The zero-order chi connectivity index (χ0) is 24.6. The lowest BCUT2D eigenvalue weighted by Crippen LogP contribution is -2.66. The second-order valence-electron chi connectivity index (χ2n) is 8.95. The molecule has 0 aliphatic heterocycles. The maximum absolute atomic E-state index is 12.9. The number of benzene rings is 2. The third kappa shape index (κ3) is 6.15. The van der Waals surface area contributed by atoms with E-state index < -0.39 is 26.1 Å². The van der Waals surface area contributed by atoms with Gasteiger partial charge in [-0.1, -0.05) is 81.4 Å². The molecule has 0 bridgehead atoms. The molecule has 0 spiro atoms. The second kappa shape index (κ2) is 11.5. The number of aliphatic hydroxyl groups is 1. The molecule has 0 unspecified atom stereocenters. The number of hydrogen-bond donors (Lipinski definition) is 2. The van der Waals surface area contributed by atoms with Crippen LogP contribution in [0.3, 0.4) is 0 Å². The standard InChI is InChI=1S/C26H31FN2O4Si/c1-26(2,3)34(21-10-6-4-7-11-21,22-12-8-5-9-13-22)33-17-16-32-19-23(30)25(31)29-24-15-14-20(27)18-28-24/h4-15,18,23,30H,16-17,19H2,1-3H3,(H,28,29,31)/t23-/m0/s1. The molecule has 1 amide bonds. The van der Waals surface area contributed by atoms with Crippen molar-refractivity contribution in [1.29, 1.82) is 0 Å². The van der Waals surface area contributed by atoms with E-state index in [0.717, 1.165) is 6.20 Å². The van der Waals surface area contributed by atoms with Crippen LogP contribution >= 0.6 is 0 Å². The van der Waals surface area contributed by atoms with Crippen LogP contribution in [0.1, 0.15) is 20.8 Å². The number of halogens is 1. The van der Waals surface area contributed by atoms with Crippen molar-refractivity contribution < 1.29 is 23.5 Å². The van der Waals surface area contributed by atoms with Gasteiger partial charge >= 0.3 is 0 Å². The molecule has 2 aromatic carbocycles. The summed E-state index contributed by atoms with van der Waals surface area (Å²) >= 11 is 0. The third-order valence-electron chi connectivity index (χ3n) is 5.52. The topological polar surface area (TPSA) is 80.7 Å². The highest BCUT2D eigenvalue weighted by Gasteiger charge is 2.50. The summed E-state index contributed by atoms with van der Waals surface area (Å²) in [7, 11) is -2.66. The highest BCUT2D eigenvalue weighted by Crippen LogP contribution is 2.36. The van der Waals surface area contributed by atoms with Crippen LogP contribution in [0, 0.1) is 5.82 Å². The number of aromatic nitrogens is 1. The first-order chi connectivity index (χ1) is 16.2. The molecule has 8 heteroatoms. The first kappa shape index (κ1) is 25.7. The van der Waals surface area contributed by atoms with E-state index in [-0.39, 0.29) is 24.1 Å². The van der Waals surface area contributed by atoms with Crippen LogP contribution in [-0.4, -0.2) is 50.2 Å². The van der Waals surface area contributed by atoms with Gasteiger partial charge in [0.15, 0.2) is 6.10 Å². The van der Waals surface area contributed by atoms with E-state index in [4.69, 9.17) is 9.16 Å². The number of amides is 1. The summed E-state index contributed by atoms with van der Waals surface area (Å²) in [6, 6.07) is 23.0. The smallest absolute Gasteiger partial charge is 0.261 e. The van der Waals surface area contributed by atoms with Crippen molar-refractivity contribution in [2.75, 3.05) is 25.1 Å². The number of carbonyl (C=O) groups is 1. The van der Waals surface area contributed by atoms with Crippen molar-refractivity contribution in [3.63, 3.8) is 0 Å². The number of hydrogen-bond acceptors (Lipinski definition) is 5. The van der Waals surface area contributed by atoms with Crippen molar-refractivity contribution in [3.8, 4) is 0 Å². The number of carbonyl (C=O) groups excluding carboxylic acids is 1. The lowest BCUT2D eigenvalue weighted by atomic mass is 10.2. The monoisotopic (exact) mass is 482 g/mol. The number of rotatable bonds is 10. The van der Waals surface area contributed by atoms with Gasteiger partial charge in [0.05, 0.1) is 26.0 Å². The molecule has 0 aliphatic carbocycles. The summed E-state index contributed by atoms with van der Waals surface area (Å²) in [4.78, 5) is 15.9. The van der Waals surface area contributed by atoms with Crippen LogP contribution in [0.15, 0.2) is 79.0 Å². The normalized spacial score (nSPS) is 12.9. The third-order valence-corrected chi connectivity index (χ3v) is 10.6. The molecular formula is C26H31FN2O4Si. The van der Waals surface area contributed by atoms with E-state index in [9.17, 15) is 14.3 Å². The first-order valence-electron chi connectivity index (χ1n) is 11.2. The van der Waals surface area contributed by atoms with Gasteiger partial charge in [-0.15, -0.1) is 0 Å². The SMILES string of the molecule is CC(C)(C)[Si](OCCOC[C@H](O)C(=O)Nc1ccc(F)cn1)(c1ccccc1)c1ccccc1. The molecule has 0 fully saturated rings. The van der Waals surface area contributed by atoms with E-state index in [0.29, 0.717) is 6.61 Å². The largest absolute Gasteiger partial charge is 0.405 e. The first-order valence-corrected chi connectivity index (χ1v) is 13.1. The summed E-state index contributed by atoms with van der Waals surface area (Å²) < 4.78 is 25.2. The minimum Gasteiger partial charge on any atom is -0.405 e. The molecule has 0 radical (unpaired) electrons. The lowest BCUT2D eigenvalue weighted by molar-refractivity contribution is -0.127. The summed E-state index contributed by atoms with van der Waals surface area (Å²) in [5, 5.41) is 14.7. The molecule has 0 saturated carbocycles. The van der Waals surface area contributed by atoms with Crippen LogP contribution in [0.25, 0.3) is 0 Å². The average Bonchev–Trinajstić information content (AvgIpc) is 2.83. The lowest BCUT2D eigenvalue weighted by Gasteiger charge is -2.43. The second-order valence-corrected chi connectivity index (χ2v) is 13.3. The van der Waals surface area contributed by atoms with Crippen LogP contribution in [0.2, 0.25) is 5.04 Å². The van der Waals surface area contributed by atoms with Crippen molar-refractivity contribution in [3.05, 3.63) is 84.8 Å². The zero-order valence-electron chi connectivity index (χ0n) is 19.7. The van der Waals surface area contributed by atoms with Gasteiger partial charge in [-0.3, -0.25) is 4.79 Å². The fourth-order valence-corrected chi connectivity index (χ4v) is 8.49. The molecule has 3 aromatic rings. The van der Waals surface area contributed by atoms with E-state index >= 15 is 0 Å². The molecule has 34 heavy (non-hydrogen) atoms. The Labute approximate surface area is 200 Å². The fraction of sp³-hybridized carbons (Fsp3) is 0.308. The van der Waals surface area contributed by atoms with Crippen LogP contribution in [0.4, 0.5) is 10.2 Å². The number of pyridine rings is 1. The molecule has 1 aromatic heterocycles. The van der Waals surface area contributed by atoms with Gasteiger partial charge in [-0.25, -0.2) is 9.37 Å². The Morgan fingerprint density at radius 3 is 2.09 bits per heavy atom.